The van der Waals surface area contributed by atoms with Crippen molar-refractivity contribution in [3.8, 4) is 12.3 Å². The van der Waals surface area contributed by atoms with Gasteiger partial charge >= 0.3 is 0 Å². The van der Waals surface area contributed by atoms with Crippen molar-refractivity contribution in [2.45, 2.75) is 0 Å². The van der Waals surface area contributed by atoms with Gasteiger partial charge in [0.05, 0.1) is 11.9 Å². The van der Waals surface area contributed by atoms with Gasteiger partial charge in [-0.3, -0.25) is 0 Å². The Hall–Kier alpha value is -1.75. The average molecular weight is 141 g/mol. The monoisotopic (exact) mass is 141 g/mol. The Morgan fingerprint density at radius 1 is 1.36 bits per heavy atom. The maximum Gasteiger partial charge on any atom is 0.0957 e. The van der Waals surface area contributed by atoms with Crippen LogP contribution in [0.5, 0.6) is 0 Å². The zero-order valence-corrected chi connectivity index (χ0v) is 5.78. The van der Waals surface area contributed by atoms with E-state index in [1.54, 1.807) is 6.21 Å². The number of hydrogen-bond acceptors (Lipinski definition) is 1. The predicted molar refractivity (Wildman–Crippen MR) is 43.8 cm³/mol. The minimum absolute atomic E-state index is 0.845. The van der Waals surface area contributed by atoms with Crippen LogP contribution in [0.25, 0.3) is 0 Å². The molecule has 51 valence electrons. The highest BCUT2D eigenvalue weighted by Crippen LogP contribution is 2.19. The molecule has 0 N–H and O–H groups in total. The smallest absolute Gasteiger partial charge is 0.0957 e. The fourth-order valence-electron chi connectivity index (χ4n) is 0.982. The van der Waals surface area contributed by atoms with E-state index in [0.717, 1.165) is 16.8 Å². The molecule has 0 saturated carbocycles. The van der Waals surface area contributed by atoms with Gasteiger partial charge in [0.15, 0.2) is 0 Å². The van der Waals surface area contributed by atoms with Crippen molar-refractivity contribution in [2.75, 3.05) is 0 Å². The lowest BCUT2D eigenvalue weighted by Gasteiger charge is -1.94. The third-order valence-electron chi connectivity index (χ3n) is 1.56. The van der Waals surface area contributed by atoms with Gasteiger partial charge in [-0.25, -0.2) is 0 Å². The Balaban J connectivity index is 2.56. The zero-order valence-electron chi connectivity index (χ0n) is 5.78. The number of rotatable bonds is 0. The molecule has 1 aliphatic rings. The van der Waals surface area contributed by atoms with Crippen LogP contribution in [-0.2, 0) is 0 Å². The first-order valence-corrected chi connectivity index (χ1v) is 3.25. The van der Waals surface area contributed by atoms with Crippen LogP contribution < -0.4 is 5.43 Å². The number of terminal acetylenes is 1. The molecule has 0 amide bonds. The SMILES string of the molecule is C#Cc1ccc2c(c1)[N]N=C2. The van der Waals surface area contributed by atoms with Crippen molar-refractivity contribution >= 4 is 11.9 Å². The maximum atomic E-state index is 5.21. The number of benzene rings is 1. The maximum absolute atomic E-state index is 5.21. The van der Waals surface area contributed by atoms with E-state index in [9.17, 15) is 0 Å². The van der Waals surface area contributed by atoms with Crippen molar-refractivity contribution in [3.63, 3.8) is 0 Å². The average Bonchev–Trinajstić information content (AvgIpc) is 2.50. The fourth-order valence-corrected chi connectivity index (χ4v) is 0.982. The van der Waals surface area contributed by atoms with Crippen LogP contribution in [0, 0.1) is 12.3 Å². The lowest BCUT2D eigenvalue weighted by molar-refractivity contribution is 0.991. The molecule has 1 aromatic carbocycles. The molecule has 0 saturated heterocycles. The van der Waals surface area contributed by atoms with E-state index in [1.165, 1.54) is 0 Å². The molecule has 0 atom stereocenters. The van der Waals surface area contributed by atoms with Gasteiger partial charge in [0.1, 0.15) is 0 Å². The second-order valence-electron chi connectivity index (χ2n) is 2.26. The molecule has 0 aromatic heterocycles. The van der Waals surface area contributed by atoms with Crippen molar-refractivity contribution < 1.29 is 0 Å². The van der Waals surface area contributed by atoms with Crippen LogP contribution in [0.4, 0.5) is 5.69 Å². The summed E-state index contributed by atoms with van der Waals surface area (Å²) in [6, 6.07) is 5.65. The molecule has 2 rings (SSSR count). The molecule has 0 unspecified atom stereocenters. The van der Waals surface area contributed by atoms with Gasteiger partial charge < -0.3 is 0 Å². The Kier molecular flexibility index (Phi) is 1.16. The van der Waals surface area contributed by atoms with Gasteiger partial charge in [-0.15, -0.1) is 6.42 Å². The lowest BCUT2D eigenvalue weighted by atomic mass is 10.1. The molecule has 0 fully saturated rings. The second kappa shape index (κ2) is 2.14. The first kappa shape index (κ1) is 5.99. The summed E-state index contributed by atoms with van der Waals surface area (Å²) in [5, 5.41) is 3.76. The standard InChI is InChI=1S/C9H5N2/c1-2-7-3-4-8-6-10-11-9(8)5-7/h1,3-6H. The van der Waals surface area contributed by atoms with Crippen LogP contribution in [-0.4, -0.2) is 6.21 Å². The van der Waals surface area contributed by atoms with E-state index in [2.05, 4.69) is 16.4 Å². The summed E-state index contributed by atoms with van der Waals surface area (Å²) < 4.78 is 0. The zero-order chi connectivity index (χ0) is 7.68. The summed E-state index contributed by atoms with van der Waals surface area (Å²) >= 11 is 0. The van der Waals surface area contributed by atoms with E-state index in [0.29, 0.717) is 0 Å². The Bertz CT molecular complexity index is 358. The largest absolute Gasteiger partial charge is 0.158 e. The van der Waals surface area contributed by atoms with E-state index in [-0.39, 0.29) is 0 Å². The summed E-state index contributed by atoms with van der Waals surface area (Å²) in [6.45, 7) is 0. The third kappa shape index (κ3) is 0.870. The molecule has 0 aliphatic carbocycles. The van der Waals surface area contributed by atoms with Crippen molar-refractivity contribution in [2.24, 2.45) is 5.10 Å². The van der Waals surface area contributed by atoms with Crippen LogP contribution in [0.3, 0.4) is 0 Å². The molecule has 1 radical (unpaired) electrons. The molecule has 1 aromatic rings. The minimum atomic E-state index is 0.845. The van der Waals surface area contributed by atoms with Crippen molar-refractivity contribution in [3.05, 3.63) is 29.3 Å². The summed E-state index contributed by atoms with van der Waals surface area (Å²) in [6.07, 6.45) is 6.93. The number of nitrogens with zero attached hydrogens (tertiary/aromatic N) is 2. The lowest BCUT2D eigenvalue weighted by Crippen LogP contribution is -1.83. The molecule has 0 bridgehead atoms. The van der Waals surface area contributed by atoms with Gasteiger partial charge in [0.2, 0.25) is 0 Å². The highest BCUT2D eigenvalue weighted by Gasteiger charge is 2.06. The molecule has 2 nitrogen and oxygen atoms in total. The number of hydrogen-bond donors (Lipinski definition) is 0. The molecule has 1 aliphatic heterocycles. The first-order chi connectivity index (χ1) is 5.40. The van der Waals surface area contributed by atoms with Crippen LogP contribution in [0.2, 0.25) is 0 Å². The highest BCUT2D eigenvalue weighted by molar-refractivity contribution is 5.89. The summed E-state index contributed by atoms with van der Waals surface area (Å²) in [5.41, 5.74) is 6.62. The molecular weight excluding hydrogens is 136 g/mol. The van der Waals surface area contributed by atoms with Crippen LogP contribution in [0.1, 0.15) is 11.1 Å². The predicted octanol–water partition coefficient (Wildman–Crippen LogP) is 1.25. The van der Waals surface area contributed by atoms with E-state index in [1.807, 2.05) is 18.2 Å². The van der Waals surface area contributed by atoms with E-state index < -0.39 is 0 Å². The first-order valence-electron chi connectivity index (χ1n) is 3.25. The second-order valence-corrected chi connectivity index (χ2v) is 2.26. The highest BCUT2D eigenvalue weighted by atomic mass is 15.3. The molecular formula is C9H5N2. The Labute approximate surface area is 64.9 Å². The summed E-state index contributed by atoms with van der Waals surface area (Å²) in [5.74, 6) is 2.54. The Morgan fingerprint density at radius 2 is 2.27 bits per heavy atom. The summed E-state index contributed by atoms with van der Waals surface area (Å²) in [4.78, 5) is 0. The van der Waals surface area contributed by atoms with Crippen LogP contribution in [0.15, 0.2) is 23.3 Å². The van der Waals surface area contributed by atoms with Crippen LogP contribution >= 0.6 is 0 Å². The topological polar surface area (TPSA) is 26.5 Å². The van der Waals surface area contributed by atoms with Gasteiger partial charge in [-0.2, -0.15) is 10.5 Å². The number of fused-ring (bicyclic) bond motifs is 1. The fraction of sp³-hybridized carbons (Fsp3) is 0. The van der Waals surface area contributed by atoms with E-state index in [4.69, 9.17) is 6.42 Å². The molecule has 11 heavy (non-hydrogen) atoms. The molecule has 1 heterocycles. The minimum Gasteiger partial charge on any atom is -0.158 e. The van der Waals surface area contributed by atoms with Gasteiger partial charge in [0, 0.05) is 11.1 Å². The van der Waals surface area contributed by atoms with Gasteiger partial charge in [-0.1, -0.05) is 5.92 Å². The molecule has 0 spiro atoms. The van der Waals surface area contributed by atoms with E-state index >= 15 is 0 Å². The summed E-state index contributed by atoms with van der Waals surface area (Å²) in [7, 11) is 0. The third-order valence-corrected chi connectivity index (χ3v) is 1.56. The van der Waals surface area contributed by atoms with Crippen molar-refractivity contribution in [1.82, 2.24) is 5.43 Å². The van der Waals surface area contributed by atoms with Gasteiger partial charge in [-0.05, 0) is 18.2 Å². The Morgan fingerprint density at radius 3 is 3.09 bits per heavy atom. The molecule has 2 heteroatoms. The van der Waals surface area contributed by atoms with Crippen molar-refractivity contribution in [1.29, 1.82) is 0 Å². The van der Waals surface area contributed by atoms with Gasteiger partial charge in [0.25, 0.3) is 0 Å². The quantitative estimate of drug-likeness (QED) is 0.486. The normalized spacial score (nSPS) is 11.9.